The Kier molecular flexibility index (Phi) is 3.21. The van der Waals surface area contributed by atoms with Crippen molar-refractivity contribution in [1.82, 2.24) is 0 Å². The summed E-state index contributed by atoms with van der Waals surface area (Å²) < 4.78 is 5.08. The SMILES string of the molecule is CCC(C)C(Cl)c1cocc1C. The Morgan fingerprint density at radius 1 is 1.50 bits per heavy atom. The molecule has 1 aromatic rings. The molecule has 0 fully saturated rings. The molecular formula is C10H15ClO. The van der Waals surface area contributed by atoms with Gasteiger partial charge in [0.1, 0.15) is 0 Å². The third-order valence-electron chi connectivity index (χ3n) is 2.34. The first-order chi connectivity index (χ1) is 5.66. The second kappa shape index (κ2) is 3.99. The van der Waals surface area contributed by atoms with Gasteiger partial charge in [-0.2, -0.15) is 0 Å². The fraction of sp³-hybridized carbons (Fsp3) is 0.600. The highest BCUT2D eigenvalue weighted by Crippen LogP contribution is 2.33. The third-order valence-corrected chi connectivity index (χ3v) is 3.00. The highest BCUT2D eigenvalue weighted by Gasteiger charge is 2.17. The second-order valence-corrected chi connectivity index (χ2v) is 3.77. The minimum Gasteiger partial charge on any atom is -0.472 e. The van der Waals surface area contributed by atoms with Crippen LogP contribution in [0.2, 0.25) is 0 Å². The average molecular weight is 187 g/mol. The minimum absolute atomic E-state index is 0.0914. The van der Waals surface area contributed by atoms with Gasteiger partial charge in [-0.3, -0.25) is 0 Å². The van der Waals surface area contributed by atoms with E-state index in [9.17, 15) is 0 Å². The molecule has 0 saturated heterocycles. The molecule has 68 valence electrons. The number of aryl methyl sites for hydroxylation is 1. The van der Waals surface area contributed by atoms with Crippen molar-refractivity contribution in [2.45, 2.75) is 32.6 Å². The van der Waals surface area contributed by atoms with Crippen LogP contribution in [0, 0.1) is 12.8 Å². The molecule has 0 bridgehead atoms. The van der Waals surface area contributed by atoms with E-state index >= 15 is 0 Å². The molecule has 1 rings (SSSR count). The monoisotopic (exact) mass is 186 g/mol. The molecule has 0 radical (unpaired) electrons. The van der Waals surface area contributed by atoms with E-state index < -0.39 is 0 Å². The Labute approximate surface area is 78.7 Å². The molecule has 1 heterocycles. The first-order valence-electron chi connectivity index (χ1n) is 4.33. The van der Waals surface area contributed by atoms with E-state index in [0.717, 1.165) is 17.5 Å². The van der Waals surface area contributed by atoms with Crippen molar-refractivity contribution >= 4 is 11.6 Å². The predicted octanol–water partition coefficient (Wildman–Crippen LogP) is 3.91. The van der Waals surface area contributed by atoms with Crippen molar-refractivity contribution in [3.05, 3.63) is 23.7 Å². The van der Waals surface area contributed by atoms with Gasteiger partial charge in [0.2, 0.25) is 0 Å². The van der Waals surface area contributed by atoms with Crippen LogP contribution in [0.4, 0.5) is 0 Å². The largest absolute Gasteiger partial charge is 0.472 e. The van der Waals surface area contributed by atoms with E-state index in [-0.39, 0.29) is 5.38 Å². The highest BCUT2D eigenvalue weighted by atomic mass is 35.5. The molecule has 0 amide bonds. The molecule has 12 heavy (non-hydrogen) atoms. The lowest BCUT2D eigenvalue weighted by Gasteiger charge is -2.14. The van der Waals surface area contributed by atoms with Crippen molar-refractivity contribution in [3.63, 3.8) is 0 Å². The standard InChI is InChI=1S/C10H15ClO/c1-4-7(2)10(11)9-6-12-5-8(9)3/h5-7,10H,4H2,1-3H3. The van der Waals surface area contributed by atoms with Gasteiger partial charge in [-0.25, -0.2) is 0 Å². The average Bonchev–Trinajstić information content (AvgIpc) is 2.48. The molecule has 0 saturated carbocycles. The summed E-state index contributed by atoms with van der Waals surface area (Å²) in [4.78, 5) is 0. The van der Waals surface area contributed by atoms with E-state index in [1.165, 1.54) is 0 Å². The van der Waals surface area contributed by atoms with Crippen molar-refractivity contribution < 1.29 is 4.42 Å². The van der Waals surface area contributed by atoms with Gasteiger partial charge in [-0.05, 0) is 18.4 Å². The van der Waals surface area contributed by atoms with E-state index in [2.05, 4.69) is 13.8 Å². The maximum absolute atomic E-state index is 6.24. The summed E-state index contributed by atoms with van der Waals surface area (Å²) in [6.07, 6.45) is 4.59. The van der Waals surface area contributed by atoms with Gasteiger partial charge in [0.05, 0.1) is 17.9 Å². The van der Waals surface area contributed by atoms with Gasteiger partial charge < -0.3 is 4.42 Å². The van der Waals surface area contributed by atoms with Gasteiger partial charge in [0.15, 0.2) is 0 Å². The van der Waals surface area contributed by atoms with Gasteiger partial charge >= 0.3 is 0 Å². The first kappa shape index (κ1) is 9.66. The molecule has 0 aliphatic rings. The number of hydrogen-bond donors (Lipinski definition) is 0. The van der Waals surface area contributed by atoms with Crippen molar-refractivity contribution in [2.24, 2.45) is 5.92 Å². The molecule has 0 spiro atoms. The Morgan fingerprint density at radius 2 is 2.17 bits per heavy atom. The molecule has 0 aliphatic carbocycles. The van der Waals surface area contributed by atoms with Gasteiger partial charge in [-0.15, -0.1) is 11.6 Å². The quantitative estimate of drug-likeness (QED) is 0.653. The molecule has 0 aliphatic heterocycles. The van der Waals surface area contributed by atoms with Gasteiger partial charge in [0.25, 0.3) is 0 Å². The van der Waals surface area contributed by atoms with Gasteiger partial charge in [0, 0.05) is 5.56 Å². The zero-order chi connectivity index (χ0) is 9.14. The fourth-order valence-corrected chi connectivity index (χ4v) is 1.57. The predicted molar refractivity (Wildman–Crippen MR) is 51.5 cm³/mol. The van der Waals surface area contributed by atoms with E-state index in [1.54, 1.807) is 12.5 Å². The number of alkyl halides is 1. The first-order valence-corrected chi connectivity index (χ1v) is 4.77. The van der Waals surface area contributed by atoms with Crippen LogP contribution in [0.1, 0.15) is 36.8 Å². The van der Waals surface area contributed by atoms with Crippen LogP contribution in [-0.2, 0) is 0 Å². The van der Waals surface area contributed by atoms with Crippen LogP contribution in [0.25, 0.3) is 0 Å². The van der Waals surface area contributed by atoms with Crippen LogP contribution < -0.4 is 0 Å². The summed E-state index contributed by atoms with van der Waals surface area (Å²) in [5, 5.41) is 0.0914. The van der Waals surface area contributed by atoms with Crippen molar-refractivity contribution in [1.29, 1.82) is 0 Å². The number of halogens is 1. The summed E-state index contributed by atoms with van der Waals surface area (Å²) >= 11 is 6.24. The Bertz CT molecular complexity index is 242. The highest BCUT2D eigenvalue weighted by molar-refractivity contribution is 6.21. The Morgan fingerprint density at radius 3 is 2.58 bits per heavy atom. The molecule has 0 aromatic carbocycles. The van der Waals surface area contributed by atoms with Crippen LogP contribution in [0.3, 0.4) is 0 Å². The normalized spacial score (nSPS) is 16.0. The van der Waals surface area contributed by atoms with Crippen LogP contribution in [0.5, 0.6) is 0 Å². The third kappa shape index (κ3) is 1.84. The lowest BCUT2D eigenvalue weighted by molar-refractivity contribution is 0.526. The van der Waals surface area contributed by atoms with E-state index in [4.69, 9.17) is 16.0 Å². The summed E-state index contributed by atoms with van der Waals surface area (Å²) in [5.41, 5.74) is 2.28. The number of rotatable bonds is 3. The summed E-state index contributed by atoms with van der Waals surface area (Å²) in [5.74, 6) is 0.503. The topological polar surface area (TPSA) is 13.1 Å². The van der Waals surface area contributed by atoms with Crippen molar-refractivity contribution in [2.75, 3.05) is 0 Å². The molecule has 1 nitrogen and oxygen atoms in total. The van der Waals surface area contributed by atoms with Crippen molar-refractivity contribution in [3.8, 4) is 0 Å². The summed E-state index contributed by atoms with van der Waals surface area (Å²) in [7, 11) is 0. The Hall–Kier alpha value is -0.430. The smallest absolute Gasteiger partial charge is 0.0952 e. The van der Waals surface area contributed by atoms with Gasteiger partial charge in [-0.1, -0.05) is 20.3 Å². The Balaban J connectivity index is 2.77. The second-order valence-electron chi connectivity index (χ2n) is 3.30. The zero-order valence-electron chi connectivity index (χ0n) is 7.80. The lowest BCUT2D eigenvalue weighted by Crippen LogP contribution is -2.02. The lowest BCUT2D eigenvalue weighted by atomic mass is 9.98. The maximum atomic E-state index is 6.24. The van der Waals surface area contributed by atoms with E-state index in [1.807, 2.05) is 6.92 Å². The molecule has 2 unspecified atom stereocenters. The summed E-state index contributed by atoms with van der Waals surface area (Å²) in [6.45, 7) is 6.33. The van der Waals surface area contributed by atoms with Crippen LogP contribution in [-0.4, -0.2) is 0 Å². The zero-order valence-corrected chi connectivity index (χ0v) is 8.56. The maximum Gasteiger partial charge on any atom is 0.0952 e. The number of hydrogen-bond acceptors (Lipinski definition) is 1. The van der Waals surface area contributed by atoms with Crippen LogP contribution >= 0.6 is 11.6 Å². The minimum atomic E-state index is 0.0914. The molecule has 0 N–H and O–H groups in total. The summed E-state index contributed by atoms with van der Waals surface area (Å²) in [6, 6.07) is 0. The molecule has 2 heteroatoms. The fourth-order valence-electron chi connectivity index (χ4n) is 1.17. The van der Waals surface area contributed by atoms with E-state index in [0.29, 0.717) is 5.92 Å². The number of furan rings is 1. The molecule has 2 atom stereocenters. The van der Waals surface area contributed by atoms with Crippen LogP contribution in [0.15, 0.2) is 16.9 Å². The molecular weight excluding hydrogens is 172 g/mol. The molecule has 1 aromatic heterocycles.